The van der Waals surface area contributed by atoms with Gasteiger partial charge in [-0.05, 0) is 69.2 Å². The molecule has 4 aliphatic rings. The van der Waals surface area contributed by atoms with Gasteiger partial charge in [-0.3, -0.25) is 10.1 Å². The van der Waals surface area contributed by atoms with Crippen LogP contribution in [0.5, 0.6) is 6.01 Å². The number of benzene rings is 1. The van der Waals surface area contributed by atoms with Crippen LogP contribution in [0.15, 0.2) is 18.5 Å². The topological polar surface area (TPSA) is 130 Å². The van der Waals surface area contributed by atoms with Crippen LogP contribution < -0.4 is 20.3 Å². The van der Waals surface area contributed by atoms with Crippen LogP contribution in [0.4, 0.5) is 19.4 Å². The molecule has 6 bridgehead atoms. The maximum absolute atomic E-state index is 16.9. The van der Waals surface area contributed by atoms with Crippen molar-refractivity contribution >= 4 is 45.3 Å². The Balaban J connectivity index is 0.00000190. The number of rotatable bonds is 3. The number of nitrogens with one attached hydrogen (secondary N) is 3. The molecule has 47 heavy (non-hydrogen) atoms. The Kier molecular flexibility index (Phi) is 9.93. The van der Waals surface area contributed by atoms with Crippen LogP contribution in [0.25, 0.3) is 33.1 Å². The molecule has 2 unspecified atom stereocenters. The summed E-state index contributed by atoms with van der Waals surface area (Å²) in [6.07, 6.45) is 5.72. The molecular weight excluding hydrogens is 630 g/mol. The zero-order valence-corrected chi connectivity index (χ0v) is 27.7. The molecule has 0 saturated carbocycles. The third-order valence-corrected chi connectivity index (χ3v) is 9.29. The van der Waals surface area contributed by atoms with Gasteiger partial charge in [0.1, 0.15) is 29.3 Å². The Morgan fingerprint density at radius 2 is 1.96 bits per heavy atom. The highest BCUT2D eigenvalue weighted by atomic mass is 35.5. The van der Waals surface area contributed by atoms with Crippen LogP contribution in [-0.2, 0) is 11.2 Å². The molecule has 2 atom stereocenters. The lowest BCUT2D eigenvalue weighted by molar-refractivity contribution is 0.0551. The summed E-state index contributed by atoms with van der Waals surface area (Å²) in [5.74, 6) is -0.404. The second-order valence-electron chi connectivity index (χ2n) is 12.4. The van der Waals surface area contributed by atoms with Crippen molar-refractivity contribution in [3.05, 3.63) is 34.9 Å². The van der Waals surface area contributed by atoms with Gasteiger partial charge in [-0.25, -0.2) is 13.6 Å². The van der Waals surface area contributed by atoms with Gasteiger partial charge in [0, 0.05) is 35.3 Å². The first kappa shape index (κ1) is 33.1. The van der Waals surface area contributed by atoms with E-state index < -0.39 is 17.6 Å². The first-order chi connectivity index (χ1) is 22.8. The monoisotopic (exact) mass is 670 g/mol. The number of halogens is 3. The van der Waals surface area contributed by atoms with E-state index in [1.807, 2.05) is 25.7 Å². The fourth-order valence-corrected chi connectivity index (χ4v) is 6.91. The van der Waals surface area contributed by atoms with Gasteiger partial charge in [-0.1, -0.05) is 32.4 Å². The fraction of sp³-hybridized carbons (Fsp3) is 0.545. The second-order valence-corrected chi connectivity index (χ2v) is 12.8. The van der Waals surface area contributed by atoms with Gasteiger partial charge in [0.2, 0.25) is 0 Å². The molecule has 3 aromatic heterocycles. The molecule has 4 aromatic rings. The largest absolute Gasteiger partial charge is 0.460 e. The lowest BCUT2D eigenvalue weighted by Crippen LogP contribution is -2.38. The Morgan fingerprint density at radius 3 is 2.74 bits per heavy atom. The van der Waals surface area contributed by atoms with Crippen LogP contribution >= 0.6 is 11.6 Å². The number of carbonyl (C=O) groups excluding carboxylic acids is 1. The highest BCUT2D eigenvalue weighted by molar-refractivity contribution is 6.33. The number of fused-ring (bicyclic) bond motifs is 7. The number of alkyl halides is 1. The summed E-state index contributed by atoms with van der Waals surface area (Å²) < 4.78 is 44.3. The molecular formula is C33H41ClF2N8O3. The summed E-state index contributed by atoms with van der Waals surface area (Å²) in [4.78, 5) is 28.5. The Bertz CT molecular complexity index is 1750. The highest BCUT2D eigenvalue weighted by Gasteiger charge is 2.33. The van der Waals surface area contributed by atoms with Crippen LogP contribution in [0.2, 0.25) is 5.02 Å². The second kappa shape index (κ2) is 14.1. The van der Waals surface area contributed by atoms with E-state index in [1.54, 1.807) is 18.5 Å². The number of nitrogens with zero attached hydrogens (tertiary/aromatic N) is 5. The Morgan fingerprint density at radius 1 is 1.17 bits per heavy atom. The van der Waals surface area contributed by atoms with Crippen LogP contribution in [-0.4, -0.2) is 82.3 Å². The number of aromatic amines is 1. The van der Waals surface area contributed by atoms with Gasteiger partial charge >= 0.3 is 12.1 Å². The summed E-state index contributed by atoms with van der Waals surface area (Å²) in [7, 11) is 0. The molecule has 0 radical (unpaired) electrons. The molecule has 14 heteroatoms. The number of alkyl carbamates (subject to hydrolysis) is 1. The quantitative estimate of drug-likeness (QED) is 0.236. The number of hydrogen-bond acceptors (Lipinski definition) is 9. The predicted molar refractivity (Wildman–Crippen MR) is 177 cm³/mol. The molecule has 3 N–H and O–H groups in total. The number of amides is 1. The molecule has 2 fully saturated rings. The minimum absolute atomic E-state index is 0.00769. The zero-order valence-electron chi connectivity index (χ0n) is 27.0. The van der Waals surface area contributed by atoms with E-state index in [2.05, 4.69) is 35.8 Å². The van der Waals surface area contributed by atoms with Crippen molar-refractivity contribution in [3.63, 3.8) is 0 Å². The lowest BCUT2D eigenvalue weighted by Gasteiger charge is -2.27. The average molecular weight is 671 g/mol. The maximum atomic E-state index is 16.9. The van der Waals surface area contributed by atoms with Crippen molar-refractivity contribution in [1.82, 2.24) is 35.8 Å². The molecule has 8 rings (SSSR count). The Hall–Kier alpha value is -3.84. The molecule has 0 aliphatic carbocycles. The normalized spacial score (nSPS) is 21.4. The number of anilines is 1. The van der Waals surface area contributed by atoms with E-state index in [9.17, 15) is 4.79 Å². The molecule has 7 heterocycles. The van der Waals surface area contributed by atoms with Crippen molar-refractivity contribution in [2.75, 3.05) is 44.3 Å². The minimum Gasteiger partial charge on any atom is -0.460 e. The van der Waals surface area contributed by atoms with Crippen molar-refractivity contribution < 1.29 is 23.0 Å². The fourth-order valence-electron chi connectivity index (χ4n) is 6.63. The highest BCUT2D eigenvalue weighted by Crippen LogP contribution is 2.40. The van der Waals surface area contributed by atoms with Crippen molar-refractivity contribution in [1.29, 1.82) is 0 Å². The third-order valence-electron chi connectivity index (χ3n) is 8.96. The molecule has 2 saturated heterocycles. The van der Waals surface area contributed by atoms with Crippen molar-refractivity contribution in [2.45, 2.75) is 71.0 Å². The molecule has 1 aromatic carbocycles. The van der Waals surface area contributed by atoms with Crippen LogP contribution in [0.1, 0.15) is 58.4 Å². The van der Waals surface area contributed by atoms with Gasteiger partial charge in [-0.2, -0.15) is 15.1 Å². The number of carbonyl (C=O) groups is 1. The van der Waals surface area contributed by atoms with Crippen LogP contribution in [0, 0.1) is 11.7 Å². The first-order valence-corrected chi connectivity index (χ1v) is 16.9. The summed E-state index contributed by atoms with van der Waals surface area (Å²) in [5.41, 5.74) is 0.257. The van der Waals surface area contributed by atoms with Gasteiger partial charge in [0.25, 0.3) is 0 Å². The number of pyridine rings is 1. The summed E-state index contributed by atoms with van der Waals surface area (Å²) in [5, 5.41) is 14.7. The minimum atomic E-state index is -1.54. The summed E-state index contributed by atoms with van der Waals surface area (Å²) in [6, 6.07) is 1.42. The lowest BCUT2D eigenvalue weighted by atomic mass is 9.92. The summed E-state index contributed by atoms with van der Waals surface area (Å²) in [6.45, 7) is 8.28. The van der Waals surface area contributed by atoms with E-state index in [0.717, 1.165) is 13.1 Å². The number of ether oxygens (including phenoxy) is 2. The van der Waals surface area contributed by atoms with Crippen molar-refractivity contribution in [3.8, 4) is 17.3 Å². The maximum Gasteiger partial charge on any atom is 0.407 e. The van der Waals surface area contributed by atoms with Crippen LogP contribution in [0.3, 0.4) is 0 Å². The molecule has 0 spiro atoms. The zero-order chi connectivity index (χ0) is 33.1. The first-order valence-electron chi connectivity index (χ1n) is 16.5. The molecule has 252 valence electrons. The predicted octanol–water partition coefficient (Wildman–Crippen LogP) is 6.13. The standard InChI is InChI=1S/C31H35ClF2N8O3.C2H6/c1-17-10-19-22(32)11-23-20(13-37-41-23)24(19)27-25(33)26-21(12-36-27)28(42-9-4-18(14-42)38-30(43)44-15-17)40-29(39-26)45-16-31(34)5-2-7-35-8-3-6-31;1-2/h11-13,17-18,35H,2-10,14-16H2,1H3,(H,37,41)(H,38,43);1-2H3. The number of H-pyrrole nitrogens is 1. The molecule has 11 nitrogen and oxygen atoms in total. The van der Waals surface area contributed by atoms with Gasteiger partial charge < -0.3 is 25.0 Å². The van der Waals surface area contributed by atoms with E-state index in [-0.39, 0.29) is 42.4 Å². The number of aromatic nitrogens is 5. The van der Waals surface area contributed by atoms with E-state index in [1.165, 1.54) is 0 Å². The summed E-state index contributed by atoms with van der Waals surface area (Å²) >= 11 is 6.79. The third kappa shape index (κ3) is 6.92. The molecule has 1 amide bonds. The average Bonchev–Trinajstić information content (AvgIpc) is 3.72. The van der Waals surface area contributed by atoms with Crippen molar-refractivity contribution in [2.24, 2.45) is 5.92 Å². The smallest absolute Gasteiger partial charge is 0.407 e. The van der Waals surface area contributed by atoms with E-state index in [4.69, 9.17) is 21.1 Å². The molecule has 4 aliphatic heterocycles. The van der Waals surface area contributed by atoms with E-state index >= 15 is 8.78 Å². The van der Waals surface area contributed by atoms with Gasteiger partial charge in [0.15, 0.2) is 5.82 Å². The number of hydrogen-bond donors (Lipinski definition) is 3. The van der Waals surface area contributed by atoms with E-state index in [0.29, 0.717) is 89.9 Å². The van der Waals surface area contributed by atoms with Gasteiger partial charge in [-0.15, -0.1) is 0 Å². The SMILES string of the molecule is CC.CC1COC(=O)NC2CCN(C2)c2nc(OCC3(F)CCCNCCC3)nc3c(F)c(ncc23)-c2c(c(Cl)cc3[nH]ncc23)C1. The Labute approximate surface area is 277 Å². The van der Waals surface area contributed by atoms with Gasteiger partial charge in [0.05, 0.1) is 29.7 Å².